The van der Waals surface area contributed by atoms with Gasteiger partial charge in [-0.1, -0.05) is 159 Å². The van der Waals surface area contributed by atoms with E-state index in [1.165, 1.54) is 97.8 Å². The zero-order valence-corrected chi connectivity index (χ0v) is 33.9. The Morgan fingerprint density at radius 3 is 2.00 bits per heavy atom. The van der Waals surface area contributed by atoms with Crippen LogP contribution < -0.4 is 4.90 Å². The van der Waals surface area contributed by atoms with Gasteiger partial charge >= 0.3 is 0 Å². The van der Waals surface area contributed by atoms with Crippen molar-refractivity contribution in [3.05, 3.63) is 222 Å². The van der Waals surface area contributed by atoms with E-state index in [0.717, 1.165) is 17.8 Å². The summed E-state index contributed by atoms with van der Waals surface area (Å²) in [6.45, 7) is 4.72. The van der Waals surface area contributed by atoms with Gasteiger partial charge in [-0.25, -0.2) is 0 Å². The molecule has 0 unspecified atom stereocenters. The minimum atomic E-state index is -0.0769. The lowest BCUT2D eigenvalue weighted by Gasteiger charge is -2.28. The summed E-state index contributed by atoms with van der Waals surface area (Å²) >= 11 is 1.89. The second-order valence-corrected chi connectivity index (χ2v) is 17.9. The molecular weight excluding hydrogens is 731 g/mol. The molecule has 0 aliphatic heterocycles. The van der Waals surface area contributed by atoms with Gasteiger partial charge in [-0.3, -0.25) is 0 Å². The van der Waals surface area contributed by atoms with Crippen molar-refractivity contribution in [1.82, 2.24) is 0 Å². The van der Waals surface area contributed by atoms with Gasteiger partial charge in [0.1, 0.15) is 0 Å². The zero-order chi connectivity index (χ0) is 39.2. The second kappa shape index (κ2) is 13.1. The lowest BCUT2D eigenvalue weighted by molar-refractivity contribution is 0.660. The molecule has 9 aromatic carbocycles. The largest absolute Gasteiger partial charge is 0.310 e. The monoisotopic (exact) mass is 771 g/mol. The first-order chi connectivity index (χ1) is 29.0. The molecule has 0 saturated carbocycles. The fourth-order valence-corrected chi connectivity index (χ4v) is 11.5. The van der Waals surface area contributed by atoms with Gasteiger partial charge in [0, 0.05) is 48.6 Å². The van der Waals surface area contributed by atoms with Crippen molar-refractivity contribution in [2.45, 2.75) is 31.6 Å². The molecule has 280 valence electrons. The van der Waals surface area contributed by atoms with Gasteiger partial charge in [0.15, 0.2) is 0 Å². The normalized spacial score (nSPS) is 14.8. The molecule has 59 heavy (non-hydrogen) atoms. The van der Waals surface area contributed by atoms with E-state index >= 15 is 0 Å². The van der Waals surface area contributed by atoms with E-state index in [4.69, 9.17) is 0 Å². The van der Waals surface area contributed by atoms with Crippen LogP contribution in [0.2, 0.25) is 0 Å². The average molecular weight is 772 g/mol. The minimum Gasteiger partial charge on any atom is -0.310 e. The molecule has 0 N–H and O–H groups in total. The SMILES string of the molecule is CC1(C)c2ccccc2-c2ccc(N(c3ccccc3)c3ccc([C@H]4Cc5ccccc5-c5ccc(-c6ccc7c(c6)sc6ccccc67)c6cccc4c56)cc3)cc21. The van der Waals surface area contributed by atoms with Gasteiger partial charge in [0.2, 0.25) is 0 Å². The lowest BCUT2D eigenvalue weighted by Crippen LogP contribution is -2.16. The van der Waals surface area contributed by atoms with Crippen LogP contribution in [0.25, 0.3) is 64.3 Å². The summed E-state index contributed by atoms with van der Waals surface area (Å²) in [6.07, 6.45) is 0.940. The summed E-state index contributed by atoms with van der Waals surface area (Å²) in [5.74, 6) is 0.194. The summed E-state index contributed by atoms with van der Waals surface area (Å²) in [6, 6.07) is 72.8. The number of rotatable bonds is 5. The topological polar surface area (TPSA) is 3.24 Å². The van der Waals surface area contributed by atoms with E-state index in [9.17, 15) is 0 Å². The van der Waals surface area contributed by atoms with Crippen LogP contribution >= 0.6 is 11.3 Å². The highest BCUT2D eigenvalue weighted by Gasteiger charge is 2.36. The van der Waals surface area contributed by atoms with Crippen LogP contribution in [-0.4, -0.2) is 0 Å². The molecule has 1 atom stereocenters. The summed E-state index contributed by atoms with van der Waals surface area (Å²) < 4.78 is 2.68. The maximum Gasteiger partial charge on any atom is 0.0465 e. The predicted octanol–water partition coefficient (Wildman–Crippen LogP) is 16.0. The summed E-state index contributed by atoms with van der Waals surface area (Å²) in [5, 5.41) is 5.36. The van der Waals surface area contributed by atoms with Crippen molar-refractivity contribution >= 4 is 59.3 Å². The molecule has 1 nitrogen and oxygen atoms in total. The van der Waals surface area contributed by atoms with E-state index in [0.29, 0.717) is 0 Å². The fraction of sp³-hybridized carbons (Fsp3) is 0.0877. The summed E-state index contributed by atoms with van der Waals surface area (Å²) in [5.41, 5.74) is 18.2. The Kier molecular flexibility index (Phi) is 7.64. The van der Waals surface area contributed by atoms with Gasteiger partial charge in [-0.2, -0.15) is 0 Å². The molecule has 2 aliphatic carbocycles. The zero-order valence-electron chi connectivity index (χ0n) is 33.1. The van der Waals surface area contributed by atoms with Gasteiger partial charge in [-0.15, -0.1) is 11.3 Å². The number of para-hydroxylation sites is 1. The molecule has 0 saturated heterocycles. The van der Waals surface area contributed by atoms with Crippen molar-refractivity contribution in [3.8, 4) is 33.4 Å². The highest BCUT2D eigenvalue weighted by atomic mass is 32.1. The first kappa shape index (κ1) is 34.3. The quantitative estimate of drug-likeness (QED) is 0.168. The second-order valence-electron chi connectivity index (χ2n) is 16.8. The molecule has 0 fully saturated rings. The van der Waals surface area contributed by atoms with Crippen LogP contribution in [0.3, 0.4) is 0 Å². The molecule has 1 heterocycles. The average Bonchev–Trinajstić information content (AvgIpc) is 3.71. The van der Waals surface area contributed by atoms with Gasteiger partial charge in [-0.05, 0) is 127 Å². The molecule has 0 radical (unpaired) electrons. The van der Waals surface area contributed by atoms with Crippen LogP contribution in [0.4, 0.5) is 17.1 Å². The van der Waals surface area contributed by atoms with Gasteiger partial charge in [0.25, 0.3) is 0 Å². The van der Waals surface area contributed by atoms with Gasteiger partial charge < -0.3 is 4.90 Å². The van der Waals surface area contributed by atoms with Crippen molar-refractivity contribution in [3.63, 3.8) is 0 Å². The van der Waals surface area contributed by atoms with E-state index in [1.54, 1.807) is 0 Å². The third-order valence-electron chi connectivity index (χ3n) is 13.3. The number of thiophene rings is 1. The Bertz CT molecular complexity index is 3280. The summed E-state index contributed by atoms with van der Waals surface area (Å²) in [7, 11) is 0. The van der Waals surface area contributed by atoms with Crippen molar-refractivity contribution in [2.24, 2.45) is 0 Å². The molecule has 10 aromatic rings. The van der Waals surface area contributed by atoms with Crippen LogP contribution in [0.5, 0.6) is 0 Å². The standard InChI is InChI=1S/C57H41NS/c1-57(2)52-21-10-8-17-44(52)45-30-28-41(35-53(45)57)58(39-14-4-3-5-15-39)40-26-23-36(24-27-40)51-33-37-13-6-7-16-42(37)50-32-31-43(48-19-12-20-49(51)56(48)50)38-25-29-47-46-18-9-11-22-54(46)59-55(47)34-38/h3-32,34-35,51H,33H2,1-2H3/t51-/m1/s1. The Morgan fingerprint density at radius 2 is 1.12 bits per heavy atom. The smallest absolute Gasteiger partial charge is 0.0465 e. The van der Waals surface area contributed by atoms with Crippen LogP contribution in [0.1, 0.15) is 47.6 Å². The molecule has 0 spiro atoms. The number of anilines is 3. The van der Waals surface area contributed by atoms with Crippen LogP contribution in [0.15, 0.2) is 194 Å². The van der Waals surface area contributed by atoms with Crippen LogP contribution in [-0.2, 0) is 11.8 Å². The minimum absolute atomic E-state index is 0.0769. The van der Waals surface area contributed by atoms with Crippen molar-refractivity contribution < 1.29 is 0 Å². The Morgan fingerprint density at radius 1 is 0.458 bits per heavy atom. The molecule has 2 aliphatic rings. The molecular formula is C57H41NS. The first-order valence-electron chi connectivity index (χ1n) is 20.8. The first-order valence-corrected chi connectivity index (χ1v) is 21.6. The van der Waals surface area contributed by atoms with E-state index in [1.807, 2.05) is 11.3 Å². The van der Waals surface area contributed by atoms with E-state index in [-0.39, 0.29) is 11.3 Å². The van der Waals surface area contributed by atoms with Crippen molar-refractivity contribution in [1.29, 1.82) is 0 Å². The number of hydrogen-bond donors (Lipinski definition) is 0. The number of hydrogen-bond acceptors (Lipinski definition) is 2. The summed E-state index contributed by atoms with van der Waals surface area (Å²) in [4.78, 5) is 2.42. The molecule has 1 aromatic heterocycles. The lowest BCUT2D eigenvalue weighted by atomic mass is 9.82. The highest BCUT2D eigenvalue weighted by molar-refractivity contribution is 7.25. The molecule has 12 rings (SSSR count). The van der Waals surface area contributed by atoms with Gasteiger partial charge in [0.05, 0.1) is 0 Å². The Labute approximate surface area is 349 Å². The third-order valence-corrected chi connectivity index (χ3v) is 14.4. The predicted molar refractivity (Wildman–Crippen MR) is 252 cm³/mol. The maximum absolute atomic E-state index is 2.42. The molecule has 0 amide bonds. The number of benzene rings is 9. The number of fused-ring (bicyclic) bond motifs is 8. The fourth-order valence-electron chi connectivity index (χ4n) is 10.4. The Hall–Kier alpha value is -6.74. The Balaban J connectivity index is 0.981. The number of nitrogens with zero attached hydrogens (tertiary/aromatic N) is 1. The van der Waals surface area contributed by atoms with E-state index in [2.05, 4.69) is 213 Å². The maximum atomic E-state index is 2.42. The van der Waals surface area contributed by atoms with E-state index < -0.39 is 0 Å². The third kappa shape index (κ3) is 5.30. The van der Waals surface area contributed by atoms with Crippen molar-refractivity contribution in [2.75, 3.05) is 4.90 Å². The highest BCUT2D eigenvalue weighted by Crippen LogP contribution is 2.51. The molecule has 0 bridgehead atoms. The molecule has 2 heteroatoms. The van der Waals surface area contributed by atoms with Crippen LogP contribution in [0, 0.1) is 0 Å².